The first kappa shape index (κ1) is 22.4. The molecule has 1 amide bonds. The molecule has 30 heavy (non-hydrogen) atoms. The predicted octanol–water partition coefficient (Wildman–Crippen LogP) is 2.84. The summed E-state index contributed by atoms with van der Waals surface area (Å²) >= 11 is 0. The van der Waals surface area contributed by atoms with Gasteiger partial charge in [-0.1, -0.05) is 30.3 Å². The van der Waals surface area contributed by atoms with E-state index in [1.165, 1.54) is 4.90 Å². The van der Waals surface area contributed by atoms with Crippen molar-refractivity contribution in [1.29, 1.82) is 0 Å². The molecule has 0 aromatic heterocycles. The van der Waals surface area contributed by atoms with Crippen molar-refractivity contribution in [3.8, 4) is 0 Å². The summed E-state index contributed by atoms with van der Waals surface area (Å²) < 4.78 is 63.7. The molecule has 1 fully saturated rings. The molecule has 2 aromatic carbocycles. The minimum atomic E-state index is -4.00. The molecule has 1 atom stereocenters. The fourth-order valence-electron chi connectivity index (χ4n) is 3.47. The number of carbonyl (C=O) groups excluding carboxylic acids is 1. The van der Waals surface area contributed by atoms with E-state index < -0.39 is 42.4 Å². The van der Waals surface area contributed by atoms with Crippen LogP contribution in [0.15, 0.2) is 53.4 Å². The maximum atomic E-state index is 14.5. The monoisotopic (exact) mass is 453 g/mol. The van der Waals surface area contributed by atoms with Crippen molar-refractivity contribution in [2.24, 2.45) is 0 Å². The molecule has 2 aromatic rings. The van der Waals surface area contributed by atoms with Gasteiger partial charge in [-0.05, 0) is 44.0 Å². The maximum Gasteiger partial charge on any atom is 0.257 e. The fourth-order valence-corrected chi connectivity index (χ4v) is 7.85. The van der Waals surface area contributed by atoms with Gasteiger partial charge < -0.3 is 4.90 Å². The van der Waals surface area contributed by atoms with Crippen LogP contribution in [0.1, 0.15) is 36.2 Å². The maximum absolute atomic E-state index is 14.5. The van der Waals surface area contributed by atoms with E-state index in [2.05, 4.69) is 0 Å². The quantitative estimate of drug-likeness (QED) is 0.628. The molecule has 162 valence electrons. The van der Waals surface area contributed by atoms with E-state index in [1.54, 1.807) is 13.8 Å². The summed E-state index contributed by atoms with van der Waals surface area (Å²) in [7, 11) is -7.41. The Labute approximate surface area is 176 Å². The van der Waals surface area contributed by atoms with Gasteiger partial charge in [-0.25, -0.2) is 21.2 Å². The normalized spacial score (nSPS) is 18.5. The lowest BCUT2D eigenvalue weighted by Crippen LogP contribution is -2.37. The van der Waals surface area contributed by atoms with Crippen LogP contribution < -0.4 is 0 Å². The first-order valence-corrected chi connectivity index (χ1v) is 13.0. The molecule has 1 saturated heterocycles. The molecule has 9 heteroatoms. The highest BCUT2D eigenvalue weighted by Gasteiger charge is 2.38. The van der Waals surface area contributed by atoms with E-state index in [-0.39, 0.29) is 35.2 Å². The molecule has 0 aliphatic carbocycles. The summed E-state index contributed by atoms with van der Waals surface area (Å²) in [5.41, 5.74) is 0.515. The topological polar surface area (TPSA) is 88.6 Å². The van der Waals surface area contributed by atoms with Gasteiger partial charge in [0.15, 0.2) is 19.7 Å². The zero-order chi connectivity index (χ0) is 22.1. The average molecular weight is 454 g/mol. The number of amides is 1. The smallest absolute Gasteiger partial charge is 0.257 e. The number of benzene rings is 2. The molecule has 1 aliphatic heterocycles. The molecule has 1 aliphatic rings. The minimum Gasteiger partial charge on any atom is -0.332 e. The van der Waals surface area contributed by atoms with Crippen LogP contribution in [0.3, 0.4) is 0 Å². The van der Waals surface area contributed by atoms with Crippen LogP contribution in [0.25, 0.3) is 0 Å². The summed E-state index contributed by atoms with van der Waals surface area (Å²) in [6, 6.07) is 12.0. The highest BCUT2D eigenvalue weighted by atomic mass is 32.2. The Hall–Kier alpha value is -2.26. The van der Waals surface area contributed by atoms with Crippen LogP contribution in [0.5, 0.6) is 0 Å². The molecule has 1 heterocycles. The zero-order valence-corrected chi connectivity index (χ0v) is 18.4. The van der Waals surface area contributed by atoms with Crippen LogP contribution in [0.2, 0.25) is 0 Å². The second kappa shape index (κ2) is 8.47. The predicted molar refractivity (Wildman–Crippen MR) is 112 cm³/mol. The SMILES string of the molecule is CC(C)N(Cc1ccccc1)C(=O)c1cc(S(=O)(=O)[C@@H]2CCS(=O)(=O)C2)ccc1F. The highest BCUT2D eigenvalue weighted by molar-refractivity contribution is 7.96. The third-order valence-electron chi connectivity index (χ3n) is 5.21. The van der Waals surface area contributed by atoms with Gasteiger partial charge in [0.1, 0.15) is 5.82 Å². The van der Waals surface area contributed by atoms with Gasteiger partial charge in [0, 0.05) is 12.6 Å². The van der Waals surface area contributed by atoms with Crippen molar-refractivity contribution < 1.29 is 26.0 Å². The minimum absolute atomic E-state index is 0.00253. The molecule has 0 spiro atoms. The molecule has 6 nitrogen and oxygen atoms in total. The number of hydrogen-bond acceptors (Lipinski definition) is 5. The molecule has 0 radical (unpaired) electrons. The van der Waals surface area contributed by atoms with Gasteiger partial charge in [0.2, 0.25) is 0 Å². The average Bonchev–Trinajstić information content (AvgIpc) is 3.07. The fraction of sp³-hybridized carbons (Fsp3) is 0.381. The molecule has 3 rings (SSSR count). The Morgan fingerprint density at radius 1 is 1.17 bits per heavy atom. The molecule has 0 bridgehead atoms. The lowest BCUT2D eigenvalue weighted by molar-refractivity contribution is 0.0685. The van der Waals surface area contributed by atoms with Crippen molar-refractivity contribution >= 4 is 25.6 Å². The number of hydrogen-bond donors (Lipinski definition) is 0. The molecular weight excluding hydrogens is 429 g/mol. The summed E-state index contributed by atoms with van der Waals surface area (Å²) in [6.07, 6.45) is -0.00253. The largest absolute Gasteiger partial charge is 0.332 e. The van der Waals surface area contributed by atoms with Crippen LogP contribution in [0.4, 0.5) is 4.39 Å². The summed E-state index contributed by atoms with van der Waals surface area (Å²) in [5, 5.41) is -1.08. The third-order valence-corrected chi connectivity index (χ3v) is 9.38. The number of carbonyl (C=O) groups is 1. The molecule has 0 unspecified atom stereocenters. The van der Waals surface area contributed by atoms with E-state index in [0.717, 1.165) is 23.8 Å². The number of rotatable bonds is 6. The number of sulfone groups is 2. The Morgan fingerprint density at radius 2 is 1.83 bits per heavy atom. The van der Waals surface area contributed by atoms with Gasteiger partial charge in [0.05, 0.1) is 27.2 Å². The highest BCUT2D eigenvalue weighted by Crippen LogP contribution is 2.27. The third kappa shape index (κ3) is 4.73. The van der Waals surface area contributed by atoms with E-state index >= 15 is 0 Å². The number of halogens is 1. The van der Waals surface area contributed by atoms with Crippen molar-refractivity contribution in [3.63, 3.8) is 0 Å². The van der Waals surface area contributed by atoms with Gasteiger partial charge in [-0.3, -0.25) is 4.79 Å². The second-order valence-electron chi connectivity index (χ2n) is 7.72. The van der Waals surface area contributed by atoms with Crippen LogP contribution >= 0.6 is 0 Å². The second-order valence-corrected chi connectivity index (χ2v) is 12.2. The van der Waals surface area contributed by atoms with Crippen LogP contribution in [-0.4, -0.2) is 50.4 Å². The Balaban J connectivity index is 1.94. The van der Waals surface area contributed by atoms with E-state index in [9.17, 15) is 26.0 Å². The van der Waals surface area contributed by atoms with E-state index in [1.807, 2.05) is 30.3 Å². The Bertz CT molecular complexity index is 1150. The number of nitrogens with zero attached hydrogens (tertiary/aromatic N) is 1. The first-order valence-electron chi connectivity index (χ1n) is 9.60. The van der Waals surface area contributed by atoms with E-state index in [4.69, 9.17) is 0 Å². The summed E-state index contributed by atoms with van der Waals surface area (Å²) in [4.78, 5) is 14.3. The summed E-state index contributed by atoms with van der Waals surface area (Å²) in [6.45, 7) is 3.83. The van der Waals surface area contributed by atoms with Gasteiger partial charge in [-0.15, -0.1) is 0 Å². The first-order chi connectivity index (χ1) is 14.0. The van der Waals surface area contributed by atoms with Gasteiger partial charge in [0.25, 0.3) is 5.91 Å². The molecule has 0 N–H and O–H groups in total. The Morgan fingerprint density at radius 3 is 2.40 bits per heavy atom. The van der Waals surface area contributed by atoms with Crippen molar-refractivity contribution in [2.45, 2.75) is 43.0 Å². The summed E-state index contributed by atoms with van der Waals surface area (Å²) in [5.74, 6) is -2.09. The van der Waals surface area contributed by atoms with Gasteiger partial charge >= 0.3 is 0 Å². The standard InChI is InChI=1S/C21H24FNO5S2/c1-15(2)23(13-16-6-4-3-5-7-16)21(24)19-12-17(8-9-20(19)22)30(27,28)18-10-11-29(25,26)14-18/h3-9,12,15,18H,10-11,13-14H2,1-2H3/t18-/m1/s1. The van der Waals surface area contributed by atoms with E-state index in [0.29, 0.717) is 0 Å². The lowest BCUT2D eigenvalue weighted by atomic mass is 10.1. The van der Waals surface area contributed by atoms with Crippen molar-refractivity contribution in [1.82, 2.24) is 4.90 Å². The van der Waals surface area contributed by atoms with Crippen molar-refractivity contribution in [2.75, 3.05) is 11.5 Å². The van der Waals surface area contributed by atoms with Gasteiger partial charge in [-0.2, -0.15) is 0 Å². The zero-order valence-electron chi connectivity index (χ0n) is 16.8. The molecular formula is C21H24FNO5S2. The van der Waals surface area contributed by atoms with Crippen LogP contribution in [-0.2, 0) is 26.2 Å². The lowest BCUT2D eigenvalue weighted by Gasteiger charge is -2.27. The van der Waals surface area contributed by atoms with Crippen LogP contribution in [0, 0.1) is 5.82 Å². The Kier molecular flexibility index (Phi) is 6.33. The molecule has 0 saturated carbocycles. The van der Waals surface area contributed by atoms with Crippen molar-refractivity contribution in [3.05, 3.63) is 65.5 Å².